The van der Waals surface area contributed by atoms with Crippen molar-refractivity contribution < 1.29 is 8.42 Å². The molecule has 0 bridgehead atoms. The molecule has 1 atom stereocenters. The average Bonchev–Trinajstić information content (AvgIpc) is 2.01. The maximum absolute atomic E-state index is 11.5. The van der Waals surface area contributed by atoms with Gasteiger partial charge in [-0.05, 0) is 25.7 Å². The lowest BCUT2D eigenvalue weighted by atomic mass is 10.1. The third-order valence-electron chi connectivity index (χ3n) is 2.40. The Balaban J connectivity index is 3.91. The predicted octanol–water partition coefficient (Wildman–Crippen LogP) is 2.64. The first-order valence-corrected chi connectivity index (χ1v) is 6.83. The van der Waals surface area contributed by atoms with Gasteiger partial charge in [-0.15, -0.1) is 0 Å². The first kappa shape index (κ1) is 12.9. The molecule has 0 N–H and O–H groups in total. The van der Waals surface area contributed by atoms with Crippen molar-refractivity contribution in [3.63, 3.8) is 0 Å². The van der Waals surface area contributed by atoms with E-state index in [0.29, 0.717) is 11.7 Å². The molecule has 2 nitrogen and oxygen atoms in total. The van der Waals surface area contributed by atoms with Crippen LogP contribution in [0.25, 0.3) is 0 Å². The van der Waals surface area contributed by atoms with Crippen LogP contribution in [0.3, 0.4) is 0 Å². The van der Waals surface area contributed by atoms with Crippen molar-refractivity contribution in [2.24, 2.45) is 5.92 Å². The summed E-state index contributed by atoms with van der Waals surface area (Å²) in [7, 11) is -2.81. The molecule has 0 fully saturated rings. The van der Waals surface area contributed by atoms with Crippen LogP contribution in [-0.2, 0) is 9.84 Å². The van der Waals surface area contributed by atoms with Gasteiger partial charge in [0.15, 0.2) is 9.84 Å². The summed E-state index contributed by atoms with van der Waals surface area (Å²) in [5.41, 5.74) is 0. The summed E-state index contributed by atoms with van der Waals surface area (Å²) in [6, 6.07) is 0. The highest BCUT2D eigenvalue weighted by Gasteiger charge is 2.18. The highest BCUT2D eigenvalue weighted by atomic mass is 32.2. The van der Waals surface area contributed by atoms with Crippen LogP contribution in [0.15, 0.2) is 0 Å². The summed E-state index contributed by atoms with van der Waals surface area (Å²) in [5.74, 6) is 0.965. The molecule has 0 aromatic rings. The SMILES string of the molecule is CCC(C)S(=O)(=O)CCCC(C)C. The van der Waals surface area contributed by atoms with Crippen molar-refractivity contribution in [2.45, 2.75) is 52.2 Å². The predicted molar refractivity (Wildman–Crippen MR) is 57.6 cm³/mol. The minimum absolute atomic E-state index is 0.167. The number of sulfone groups is 1. The summed E-state index contributed by atoms with van der Waals surface area (Å²) in [6.07, 6.45) is 2.55. The van der Waals surface area contributed by atoms with Gasteiger partial charge in [0.05, 0.1) is 11.0 Å². The van der Waals surface area contributed by atoms with E-state index < -0.39 is 9.84 Å². The van der Waals surface area contributed by atoms with E-state index in [-0.39, 0.29) is 5.25 Å². The van der Waals surface area contributed by atoms with Gasteiger partial charge >= 0.3 is 0 Å². The summed E-state index contributed by atoms with van der Waals surface area (Å²) in [6.45, 7) is 7.96. The highest BCUT2D eigenvalue weighted by Crippen LogP contribution is 2.11. The van der Waals surface area contributed by atoms with Gasteiger partial charge in [0.25, 0.3) is 0 Å². The zero-order valence-electron chi connectivity index (χ0n) is 9.21. The van der Waals surface area contributed by atoms with Gasteiger partial charge in [-0.25, -0.2) is 8.42 Å². The fourth-order valence-electron chi connectivity index (χ4n) is 1.15. The van der Waals surface area contributed by atoms with Crippen LogP contribution in [0.4, 0.5) is 0 Å². The number of hydrogen-bond acceptors (Lipinski definition) is 2. The molecular weight excluding hydrogens is 184 g/mol. The maximum atomic E-state index is 11.5. The van der Waals surface area contributed by atoms with E-state index in [4.69, 9.17) is 0 Å². The molecule has 0 spiro atoms. The molecule has 13 heavy (non-hydrogen) atoms. The molecule has 0 saturated heterocycles. The third-order valence-corrected chi connectivity index (χ3v) is 4.82. The number of hydrogen-bond donors (Lipinski definition) is 0. The van der Waals surface area contributed by atoms with Crippen LogP contribution >= 0.6 is 0 Å². The molecule has 80 valence electrons. The van der Waals surface area contributed by atoms with Gasteiger partial charge < -0.3 is 0 Å². The second-order valence-corrected chi connectivity index (χ2v) is 6.66. The molecular formula is C10H22O2S. The highest BCUT2D eigenvalue weighted by molar-refractivity contribution is 7.91. The molecule has 0 aromatic carbocycles. The van der Waals surface area contributed by atoms with E-state index in [9.17, 15) is 8.42 Å². The minimum Gasteiger partial charge on any atom is -0.229 e. The molecule has 0 heterocycles. The third kappa shape index (κ3) is 5.29. The standard InChI is InChI=1S/C10H22O2S/c1-5-10(4)13(11,12)8-6-7-9(2)3/h9-10H,5-8H2,1-4H3. The van der Waals surface area contributed by atoms with E-state index in [1.54, 1.807) is 6.92 Å². The zero-order chi connectivity index (χ0) is 10.5. The Hall–Kier alpha value is -0.0500. The molecule has 0 aliphatic carbocycles. The largest absolute Gasteiger partial charge is 0.229 e. The first-order chi connectivity index (χ1) is 5.90. The fourth-order valence-corrected chi connectivity index (χ4v) is 2.63. The average molecular weight is 206 g/mol. The molecule has 1 unspecified atom stereocenters. The van der Waals surface area contributed by atoms with Gasteiger partial charge in [0, 0.05) is 0 Å². The summed E-state index contributed by atoms with van der Waals surface area (Å²) in [4.78, 5) is 0. The maximum Gasteiger partial charge on any atom is 0.152 e. The van der Waals surface area contributed by atoms with Crippen LogP contribution in [0.5, 0.6) is 0 Å². The van der Waals surface area contributed by atoms with E-state index in [1.165, 1.54) is 0 Å². The van der Waals surface area contributed by atoms with Crippen LogP contribution < -0.4 is 0 Å². The van der Waals surface area contributed by atoms with Crippen molar-refractivity contribution >= 4 is 9.84 Å². The lowest BCUT2D eigenvalue weighted by molar-refractivity contribution is 0.553. The van der Waals surface area contributed by atoms with Crippen molar-refractivity contribution in [1.82, 2.24) is 0 Å². The monoisotopic (exact) mass is 206 g/mol. The molecule has 0 aliphatic heterocycles. The minimum atomic E-state index is -2.81. The Morgan fingerprint density at radius 2 is 1.69 bits per heavy atom. The van der Waals surface area contributed by atoms with Crippen LogP contribution in [0, 0.1) is 5.92 Å². The molecule has 0 radical (unpaired) electrons. The van der Waals surface area contributed by atoms with Gasteiger partial charge in [-0.3, -0.25) is 0 Å². The lowest BCUT2D eigenvalue weighted by Gasteiger charge is -2.10. The fraction of sp³-hybridized carbons (Fsp3) is 1.00. The van der Waals surface area contributed by atoms with Gasteiger partial charge in [0.2, 0.25) is 0 Å². The molecule has 0 rings (SSSR count). The smallest absolute Gasteiger partial charge is 0.152 e. The first-order valence-electron chi connectivity index (χ1n) is 5.11. The second kappa shape index (κ2) is 5.63. The second-order valence-electron chi connectivity index (χ2n) is 4.12. The van der Waals surface area contributed by atoms with Crippen molar-refractivity contribution in [3.05, 3.63) is 0 Å². The van der Waals surface area contributed by atoms with Crippen molar-refractivity contribution in [2.75, 3.05) is 5.75 Å². The molecule has 0 aromatic heterocycles. The lowest BCUT2D eigenvalue weighted by Crippen LogP contribution is -2.20. The molecule has 0 aliphatic rings. The number of rotatable bonds is 6. The van der Waals surface area contributed by atoms with E-state index in [0.717, 1.165) is 19.3 Å². The molecule has 0 saturated carbocycles. The Bertz CT molecular complexity index is 217. The molecule has 3 heteroatoms. The van der Waals surface area contributed by atoms with Crippen molar-refractivity contribution in [3.8, 4) is 0 Å². The Kier molecular flexibility index (Phi) is 5.61. The molecule has 0 amide bonds. The Labute approximate surface area is 82.6 Å². The van der Waals surface area contributed by atoms with Gasteiger partial charge in [-0.1, -0.05) is 27.2 Å². The Morgan fingerprint density at radius 1 is 1.15 bits per heavy atom. The summed E-state index contributed by atoms with van der Waals surface area (Å²) in [5, 5.41) is -0.167. The zero-order valence-corrected chi connectivity index (χ0v) is 10.0. The van der Waals surface area contributed by atoms with Crippen LogP contribution in [-0.4, -0.2) is 19.4 Å². The quantitative estimate of drug-likeness (QED) is 0.669. The van der Waals surface area contributed by atoms with Gasteiger partial charge in [0.1, 0.15) is 0 Å². The van der Waals surface area contributed by atoms with Crippen LogP contribution in [0.1, 0.15) is 47.0 Å². The summed E-state index contributed by atoms with van der Waals surface area (Å²) < 4.78 is 23.1. The normalized spacial score (nSPS) is 14.8. The van der Waals surface area contributed by atoms with Gasteiger partial charge in [-0.2, -0.15) is 0 Å². The van der Waals surface area contributed by atoms with Crippen LogP contribution in [0.2, 0.25) is 0 Å². The topological polar surface area (TPSA) is 34.1 Å². The summed E-state index contributed by atoms with van der Waals surface area (Å²) >= 11 is 0. The van der Waals surface area contributed by atoms with E-state index >= 15 is 0 Å². The Morgan fingerprint density at radius 3 is 2.08 bits per heavy atom. The van der Waals surface area contributed by atoms with E-state index in [2.05, 4.69) is 13.8 Å². The van der Waals surface area contributed by atoms with Crippen molar-refractivity contribution in [1.29, 1.82) is 0 Å². The van der Waals surface area contributed by atoms with E-state index in [1.807, 2.05) is 6.92 Å².